The average molecular weight is 241 g/mol. The maximum absolute atomic E-state index is 6.20. The van der Waals surface area contributed by atoms with E-state index in [0.29, 0.717) is 11.6 Å². The fourth-order valence-corrected chi connectivity index (χ4v) is 2.14. The molecule has 0 unspecified atom stereocenters. The number of nitrogens with zero attached hydrogens (tertiary/aromatic N) is 3. The van der Waals surface area contributed by atoms with Gasteiger partial charge in [0.25, 0.3) is 0 Å². The Hall–Kier alpha value is -0.840. The highest BCUT2D eigenvalue weighted by atomic mass is 35.5. The number of nitrogens with two attached hydrogens (primary N) is 1. The Morgan fingerprint density at radius 3 is 2.62 bits per heavy atom. The van der Waals surface area contributed by atoms with Crippen LogP contribution in [0, 0.1) is 0 Å². The van der Waals surface area contributed by atoms with Crippen molar-refractivity contribution in [1.29, 1.82) is 0 Å². The van der Waals surface area contributed by atoms with Crippen molar-refractivity contribution in [2.75, 3.05) is 38.1 Å². The van der Waals surface area contributed by atoms with Gasteiger partial charge in [0.1, 0.15) is 5.82 Å². The summed E-state index contributed by atoms with van der Waals surface area (Å²) in [6.45, 7) is 4.54. The van der Waals surface area contributed by atoms with Crippen molar-refractivity contribution >= 4 is 17.4 Å². The number of pyridine rings is 1. The van der Waals surface area contributed by atoms with E-state index >= 15 is 0 Å². The molecule has 0 radical (unpaired) electrons. The van der Waals surface area contributed by atoms with Crippen molar-refractivity contribution in [3.05, 3.63) is 22.8 Å². The maximum Gasteiger partial charge on any atom is 0.147 e. The Morgan fingerprint density at radius 2 is 2.06 bits per heavy atom. The zero-order valence-electron chi connectivity index (χ0n) is 9.49. The summed E-state index contributed by atoms with van der Waals surface area (Å²) >= 11 is 6.20. The van der Waals surface area contributed by atoms with E-state index in [9.17, 15) is 0 Å². The van der Waals surface area contributed by atoms with Crippen LogP contribution in [-0.2, 0) is 6.54 Å². The molecular weight excluding hydrogens is 224 g/mol. The Labute approximate surface area is 101 Å². The molecule has 1 aromatic heterocycles. The van der Waals surface area contributed by atoms with Crippen molar-refractivity contribution in [2.45, 2.75) is 6.54 Å². The molecule has 0 amide bonds. The summed E-state index contributed by atoms with van der Waals surface area (Å²) in [5, 5.41) is 0.701. The van der Waals surface area contributed by atoms with Crippen LogP contribution in [-0.4, -0.2) is 43.1 Å². The SMILES string of the molecule is CN1CCN(c2ncc(CN)cc2Cl)CC1. The van der Waals surface area contributed by atoms with Crippen LogP contribution in [0.5, 0.6) is 0 Å². The van der Waals surface area contributed by atoms with Gasteiger partial charge < -0.3 is 15.5 Å². The second-order valence-corrected chi connectivity index (χ2v) is 4.55. The predicted molar refractivity (Wildman–Crippen MR) is 66.8 cm³/mol. The number of hydrogen-bond acceptors (Lipinski definition) is 4. The first-order chi connectivity index (χ1) is 7.70. The topological polar surface area (TPSA) is 45.4 Å². The molecular formula is C11H17ClN4. The van der Waals surface area contributed by atoms with Gasteiger partial charge in [-0.25, -0.2) is 4.98 Å². The van der Waals surface area contributed by atoms with Gasteiger partial charge in [-0.05, 0) is 18.7 Å². The molecule has 2 rings (SSSR count). The molecule has 5 heteroatoms. The molecule has 1 aliphatic heterocycles. The smallest absolute Gasteiger partial charge is 0.147 e. The van der Waals surface area contributed by atoms with Crippen LogP contribution in [0.3, 0.4) is 0 Å². The van der Waals surface area contributed by atoms with Crippen LogP contribution in [0.25, 0.3) is 0 Å². The molecule has 88 valence electrons. The van der Waals surface area contributed by atoms with Crippen LogP contribution in [0.2, 0.25) is 5.02 Å². The van der Waals surface area contributed by atoms with Crippen LogP contribution in [0.4, 0.5) is 5.82 Å². The van der Waals surface area contributed by atoms with Crippen molar-refractivity contribution in [1.82, 2.24) is 9.88 Å². The molecule has 0 spiro atoms. The van der Waals surface area contributed by atoms with Gasteiger partial charge in [-0.2, -0.15) is 0 Å². The van der Waals surface area contributed by atoms with E-state index in [-0.39, 0.29) is 0 Å². The molecule has 0 aliphatic carbocycles. The van der Waals surface area contributed by atoms with Gasteiger partial charge in [0.05, 0.1) is 5.02 Å². The number of rotatable bonds is 2. The Morgan fingerprint density at radius 1 is 1.38 bits per heavy atom. The maximum atomic E-state index is 6.20. The lowest BCUT2D eigenvalue weighted by Crippen LogP contribution is -2.44. The molecule has 2 N–H and O–H groups in total. The minimum absolute atomic E-state index is 0.482. The third kappa shape index (κ3) is 2.45. The quantitative estimate of drug-likeness (QED) is 0.836. The van der Waals surface area contributed by atoms with Gasteiger partial charge >= 0.3 is 0 Å². The molecule has 0 bridgehead atoms. The van der Waals surface area contributed by atoms with Crippen LogP contribution in [0.15, 0.2) is 12.3 Å². The van der Waals surface area contributed by atoms with Gasteiger partial charge in [-0.15, -0.1) is 0 Å². The number of halogens is 1. The molecule has 2 heterocycles. The number of anilines is 1. The number of hydrogen-bond donors (Lipinski definition) is 1. The standard InChI is InChI=1S/C11H17ClN4/c1-15-2-4-16(5-3-15)11-10(12)6-9(7-13)8-14-11/h6,8H,2-5,7,13H2,1H3. The second-order valence-electron chi connectivity index (χ2n) is 4.14. The first-order valence-electron chi connectivity index (χ1n) is 5.48. The molecule has 0 aromatic carbocycles. The summed E-state index contributed by atoms with van der Waals surface area (Å²) in [4.78, 5) is 8.92. The minimum atomic E-state index is 0.482. The predicted octanol–water partition coefficient (Wildman–Crippen LogP) is 0.945. The van der Waals surface area contributed by atoms with Gasteiger partial charge in [-0.3, -0.25) is 0 Å². The Bertz CT molecular complexity index is 361. The monoisotopic (exact) mass is 240 g/mol. The fourth-order valence-electron chi connectivity index (χ4n) is 1.83. The lowest BCUT2D eigenvalue weighted by molar-refractivity contribution is 0.312. The normalized spacial score (nSPS) is 17.8. The van der Waals surface area contributed by atoms with Gasteiger partial charge in [0, 0.05) is 38.9 Å². The Kier molecular flexibility index (Phi) is 3.63. The largest absolute Gasteiger partial charge is 0.353 e. The van der Waals surface area contributed by atoms with E-state index in [2.05, 4.69) is 21.8 Å². The van der Waals surface area contributed by atoms with Crippen LogP contribution < -0.4 is 10.6 Å². The molecule has 1 aliphatic rings. The van der Waals surface area contributed by atoms with E-state index < -0.39 is 0 Å². The highest BCUT2D eigenvalue weighted by Gasteiger charge is 2.17. The fraction of sp³-hybridized carbons (Fsp3) is 0.545. The molecule has 0 saturated carbocycles. The van der Waals surface area contributed by atoms with Crippen molar-refractivity contribution in [3.8, 4) is 0 Å². The van der Waals surface area contributed by atoms with Gasteiger partial charge in [0.15, 0.2) is 0 Å². The van der Waals surface area contributed by atoms with Crippen LogP contribution >= 0.6 is 11.6 Å². The zero-order valence-corrected chi connectivity index (χ0v) is 10.2. The average Bonchev–Trinajstić information content (AvgIpc) is 2.30. The van der Waals surface area contributed by atoms with Gasteiger partial charge in [-0.1, -0.05) is 11.6 Å². The lowest BCUT2D eigenvalue weighted by Gasteiger charge is -2.33. The zero-order chi connectivity index (χ0) is 11.5. The van der Waals surface area contributed by atoms with E-state index in [1.165, 1.54) is 0 Å². The highest BCUT2D eigenvalue weighted by molar-refractivity contribution is 6.33. The van der Waals surface area contributed by atoms with Gasteiger partial charge in [0.2, 0.25) is 0 Å². The summed E-state index contributed by atoms with van der Waals surface area (Å²) in [7, 11) is 2.13. The molecule has 1 saturated heterocycles. The third-order valence-corrected chi connectivity index (χ3v) is 3.20. The molecule has 1 aromatic rings. The third-order valence-electron chi connectivity index (χ3n) is 2.92. The van der Waals surface area contributed by atoms with E-state index in [0.717, 1.165) is 37.6 Å². The Balaban J connectivity index is 2.14. The lowest BCUT2D eigenvalue weighted by atomic mass is 10.2. The highest BCUT2D eigenvalue weighted by Crippen LogP contribution is 2.24. The second kappa shape index (κ2) is 4.99. The molecule has 16 heavy (non-hydrogen) atoms. The number of aromatic nitrogens is 1. The van der Waals surface area contributed by atoms with E-state index in [1.807, 2.05) is 6.07 Å². The first kappa shape index (κ1) is 11.6. The summed E-state index contributed by atoms with van der Waals surface area (Å²) in [5.41, 5.74) is 6.52. The number of piperazine rings is 1. The van der Waals surface area contributed by atoms with E-state index in [1.54, 1.807) is 6.20 Å². The van der Waals surface area contributed by atoms with Crippen molar-refractivity contribution in [2.24, 2.45) is 5.73 Å². The van der Waals surface area contributed by atoms with Crippen molar-refractivity contribution in [3.63, 3.8) is 0 Å². The summed E-state index contributed by atoms with van der Waals surface area (Å²) in [5.74, 6) is 0.881. The molecule has 0 atom stereocenters. The summed E-state index contributed by atoms with van der Waals surface area (Å²) in [6, 6.07) is 1.90. The molecule has 1 fully saturated rings. The van der Waals surface area contributed by atoms with E-state index in [4.69, 9.17) is 17.3 Å². The number of likely N-dealkylation sites (N-methyl/N-ethyl adjacent to an activating group) is 1. The van der Waals surface area contributed by atoms with Crippen molar-refractivity contribution < 1.29 is 0 Å². The minimum Gasteiger partial charge on any atom is -0.353 e. The van der Waals surface area contributed by atoms with Crippen LogP contribution in [0.1, 0.15) is 5.56 Å². The summed E-state index contributed by atoms with van der Waals surface area (Å²) < 4.78 is 0. The first-order valence-corrected chi connectivity index (χ1v) is 5.86. The summed E-state index contributed by atoms with van der Waals surface area (Å²) in [6.07, 6.45) is 1.81. The molecule has 4 nitrogen and oxygen atoms in total.